The summed E-state index contributed by atoms with van der Waals surface area (Å²) in [5, 5.41) is 3.29. The summed E-state index contributed by atoms with van der Waals surface area (Å²) in [6, 6.07) is 33.4. The molecule has 1 aliphatic rings. The van der Waals surface area contributed by atoms with E-state index in [1.807, 2.05) is 30.3 Å². The first kappa shape index (κ1) is 23.1. The second-order valence-electron chi connectivity index (χ2n) is 11.0. The number of fused-ring (bicyclic) bond motifs is 4. The van der Waals surface area contributed by atoms with Crippen molar-refractivity contribution in [2.75, 3.05) is 0 Å². The van der Waals surface area contributed by atoms with Crippen molar-refractivity contribution in [3.63, 3.8) is 0 Å². The van der Waals surface area contributed by atoms with Gasteiger partial charge in [0.15, 0.2) is 0 Å². The molecule has 0 radical (unpaired) electrons. The molecule has 1 aliphatic heterocycles. The van der Waals surface area contributed by atoms with Crippen molar-refractivity contribution in [2.24, 2.45) is 0 Å². The van der Waals surface area contributed by atoms with Crippen molar-refractivity contribution >= 4 is 45.3 Å². The van der Waals surface area contributed by atoms with Crippen LogP contribution in [0, 0.1) is 0 Å². The van der Waals surface area contributed by atoms with Gasteiger partial charge in [0.25, 0.3) is 0 Å². The first-order valence-electron chi connectivity index (χ1n) is 13.0. The number of nitrogens with zero attached hydrogens (tertiary/aromatic N) is 3. The second kappa shape index (κ2) is 8.25. The largest absolute Gasteiger partial charge is 0.494 e. The van der Waals surface area contributed by atoms with Crippen LogP contribution in [0.15, 0.2) is 97.1 Å². The number of para-hydroxylation sites is 2. The van der Waals surface area contributed by atoms with Crippen molar-refractivity contribution in [2.45, 2.75) is 38.9 Å². The van der Waals surface area contributed by atoms with E-state index in [0.717, 1.165) is 49.4 Å². The third-order valence-corrected chi connectivity index (χ3v) is 8.06. The SMILES string of the molecule is CC1(C)OB(c2ccc3c(c2)c2ccccc2n3-c2nc(-c3ccccc3)c3ccccc3n2)OC1(C)C. The molecule has 1 fully saturated rings. The van der Waals surface area contributed by atoms with E-state index in [0.29, 0.717) is 5.95 Å². The predicted octanol–water partition coefficient (Wildman–Crippen LogP) is 6.69. The Balaban J connectivity index is 1.46. The zero-order valence-corrected chi connectivity index (χ0v) is 22.0. The van der Waals surface area contributed by atoms with Gasteiger partial charge in [-0.25, -0.2) is 9.97 Å². The van der Waals surface area contributed by atoms with Crippen LogP contribution in [-0.2, 0) is 9.31 Å². The molecule has 38 heavy (non-hydrogen) atoms. The number of aromatic nitrogens is 3. The molecule has 0 spiro atoms. The minimum absolute atomic E-state index is 0.395. The Morgan fingerprint density at radius 1 is 0.632 bits per heavy atom. The Morgan fingerprint density at radius 3 is 2.03 bits per heavy atom. The summed E-state index contributed by atoms with van der Waals surface area (Å²) in [7, 11) is -0.423. The molecule has 3 heterocycles. The smallest absolute Gasteiger partial charge is 0.399 e. The second-order valence-corrected chi connectivity index (χ2v) is 11.0. The topological polar surface area (TPSA) is 49.2 Å². The monoisotopic (exact) mass is 497 g/mol. The average molecular weight is 497 g/mol. The fraction of sp³-hybridized carbons (Fsp3) is 0.188. The molecular formula is C32H28BN3O2. The van der Waals surface area contributed by atoms with Crippen LogP contribution in [0.4, 0.5) is 0 Å². The van der Waals surface area contributed by atoms with E-state index < -0.39 is 18.3 Å². The fourth-order valence-electron chi connectivity index (χ4n) is 5.31. The number of hydrogen-bond acceptors (Lipinski definition) is 4. The lowest BCUT2D eigenvalue weighted by Gasteiger charge is -2.32. The lowest BCUT2D eigenvalue weighted by atomic mass is 9.78. The maximum Gasteiger partial charge on any atom is 0.494 e. The van der Waals surface area contributed by atoms with Crippen LogP contribution in [0.3, 0.4) is 0 Å². The molecule has 6 heteroatoms. The molecule has 7 rings (SSSR count). The zero-order valence-electron chi connectivity index (χ0n) is 22.0. The quantitative estimate of drug-likeness (QED) is 0.256. The summed E-state index contributed by atoms with van der Waals surface area (Å²) >= 11 is 0. The van der Waals surface area contributed by atoms with Crippen LogP contribution in [0.1, 0.15) is 27.7 Å². The Kier molecular flexibility index (Phi) is 5.03. The Bertz CT molecular complexity index is 1830. The lowest BCUT2D eigenvalue weighted by Crippen LogP contribution is -2.41. The van der Waals surface area contributed by atoms with Crippen molar-refractivity contribution in [3.05, 3.63) is 97.1 Å². The van der Waals surface area contributed by atoms with E-state index in [1.165, 1.54) is 0 Å². The van der Waals surface area contributed by atoms with E-state index in [9.17, 15) is 0 Å². The van der Waals surface area contributed by atoms with Gasteiger partial charge in [-0.2, -0.15) is 0 Å². The maximum atomic E-state index is 6.36. The van der Waals surface area contributed by atoms with Crippen LogP contribution >= 0.6 is 0 Å². The summed E-state index contributed by atoms with van der Waals surface area (Å²) in [5.41, 5.74) is 5.21. The van der Waals surface area contributed by atoms with Crippen molar-refractivity contribution < 1.29 is 9.31 Å². The molecule has 2 aromatic heterocycles. The van der Waals surface area contributed by atoms with Gasteiger partial charge in [0.1, 0.15) is 0 Å². The Hall–Kier alpha value is -4.00. The fourth-order valence-corrected chi connectivity index (χ4v) is 5.31. The van der Waals surface area contributed by atoms with Crippen LogP contribution < -0.4 is 5.46 Å². The molecule has 0 atom stereocenters. The summed E-state index contributed by atoms with van der Waals surface area (Å²) in [5.74, 6) is 0.650. The van der Waals surface area contributed by atoms with Gasteiger partial charge >= 0.3 is 7.12 Å². The normalized spacial score (nSPS) is 16.6. The minimum atomic E-state index is -0.423. The molecule has 0 amide bonds. The van der Waals surface area contributed by atoms with E-state index >= 15 is 0 Å². The van der Waals surface area contributed by atoms with Gasteiger partial charge in [-0.1, -0.05) is 78.9 Å². The van der Waals surface area contributed by atoms with E-state index in [1.54, 1.807) is 0 Å². The highest BCUT2D eigenvalue weighted by Crippen LogP contribution is 2.38. The number of hydrogen-bond donors (Lipinski definition) is 0. The lowest BCUT2D eigenvalue weighted by molar-refractivity contribution is 0.00578. The van der Waals surface area contributed by atoms with Gasteiger partial charge in [-0.3, -0.25) is 4.57 Å². The van der Waals surface area contributed by atoms with Gasteiger partial charge in [0.05, 0.1) is 33.4 Å². The highest BCUT2D eigenvalue weighted by molar-refractivity contribution is 6.62. The van der Waals surface area contributed by atoms with Crippen LogP contribution in [0.2, 0.25) is 0 Å². The first-order valence-corrected chi connectivity index (χ1v) is 13.0. The van der Waals surface area contributed by atoms with Crippen LogP contribution in [0.25, 0.3) is 49.9 Å². The highest BCUT2D eigenvalue weighted by atomic mass is 16.7. The third-order valence-electron chi connectivity index (χ3n) is 8.06. The van der Waals surface area contributed by atoms with Gasteiger partial charge < -0.3 is 9.31 Å². The standard InChI is InChI=1S/C32H28BN3O2/c1-31(2)32(3,4)38-33(37-31)22-18-19-28-25(20-22)23-14-9-11-17-27(23)36(28)30-34-26-16-10-8-15-24(26)29(35-30)21-12-6-5-7-13-21/h5-20H,1-4H3. The van der Waals surface area contributed by atoms with E-state index in [2.05, 4.69) is 99.0 Å². The van der Waals surface area contributed by atoms with Gasteiger partial charge in [0, 0.05) is 21.7 Å². The molecule has 0 N–H and O–H groups in total. The van der Waals surface area contributed by atoms with Gasteiger partial charge in [-0.15, -0.1) is 0 Å². The highest BCUT2D eigenvalue weighted by Gasteiger charge is 2.51. The third kappa shape index (κ3) is 3.48. The summed E-state index contributed by atoms with van der Waals surface area (Å²) in [4.78, 5) is 10.2. The molecule has 0 bridgehead atoms. The molecular weight excluding hydrogens is 469 g/mol. The van der Waals surface area contributed by atoms with Gasteiger partial charge in [-0.05, 0) is 51.4 Å². The van der Waals surface area contributed by atoms with E-state index in [-0.39, 0.29) is 0 Å². The molecule has 5 nitrogen and oxygen atoms in total. The maximum absolute atomic E-state index is 6.36. The zero-order chi connectivity index (χ0) is 26.1. The van der Waals surface area contributed by atoms with Crippen molar-refractivity contribution in [1.29, 1.82) is 0 Å². The predicted molar refractivity (Wildman–Crippen MR) is 155 cm³/mol. The molecule has 1 saturated heterocycles. The Labute approximate surface area is 222 Å². The molecule has 6 aromatic rings. The summed E-state index contributed by atoms with van der Waals surface area (Å²) in [6.07, 6.45) is 0. The van der Waals surface area contributed by atoms with Gasteiger partial charge in [0.2, 0.25) is 5.95 Å². The number of benzene rings is 4. The molecule has 0 unspecified atom stereocenters. The van der Waals surface area contributed by atoms with Crippen LogP contribution in [-0.4, -0.2) is 32.9 Å². The molecule has 186 valence electrons. The summed E-state index contributed by atoms with van der Waals surface area (Å²) in [6.45, 7) is 8.33. The van der Waals surface area contributed by atoms with Crippen molar-refractivity contribution in [3.8, 4) is 17.2 Å². The average Bonchev–Trinajstić information content (AvgIpc) is 3.37. The van der Waals surface area contributed by atoms with Crippen LogP contribution in [0.5, 0.6) is 0 Å². The Morgan fingerprint density at radius 2 is 1.26 bits per heavy atom. The molecule has 0 aliphatic carbocycles. The molecule has 4 aromatic carbocycles. The number of rotatable bonds is 3. The first-order chi connectivity index (χ1) is 18.3. The van der Waals surface area contributed by atoms with Crippen molar-refractivity contribution in [1.82, 2.24) is 14.5 Å². The summed E-state index contributed by atoms with van der Waals surface area (Å²) < 4.78 is 14.9. The van der Waals surface area contributed by atoms with E-state index in [4.69, 9.17) is 19.3 Å². The molecule has 0 saturated carbocycles. The minimum Gasteiger partial charge on any atom is -0.399 e.